The molecule has 1 saturated heterocycles. The molecule has 0 radical (unpaired) electrons. The summed E-state index contributed by atoms with van der Waals surface area (Å²) in [5.74, 6) is -3.00. The topological polar surface area (TPSA) is 119 Å². The van der Waals surface area contributed by atoms with Gasteiger partial charge in [0.05, 0.1) is 0 Å². The molecule has 0 aromatic carbocycles. The summed E-state index contributed by atoms with van der Waals surface area (Å²) in [5, 5.41) is 24.2. The second kappa shape index (κ2) is 10.4. The van der Waals surface area contributed by atoms with Gasteiger partial charge in [-0.1, -0.05) is 39.3 Å². The zero-order valence-electron chi connectivity index (χ0n) is 24.5. The summed E-state index contributed by atoms with van der Waals surface area (Å²) in [5.41, 5.74) is -2.21. The Balaban J connectivity index is 1.74. The lowest BCUT2D eigenvalue weighted by Gasteiger charge is -2.62. The van der Waals surface area contributed by atoms with E-state index in [-0.39, 0.29) is 24.0 Å². The van der Waals surface area contributed by atoms with Crippen LogP contribution in [-0.2, 0) is 28.6 Å². The van der Waals surface area contributed by atoms with Gasteiger partial charge in [0.1, 0.15) is 23.4 Å². The molecule has 1 aliphatic heterocycles. The van der Waals surface area contributed by atoms with E-state index >= 15 is 0 Å². The zero-order valence-corrected chi connectivity index (χ0v) is 24.5. The molecule has 218 valence electrons. The highest BCUT2D eigenvalue weighted by Crippen LogP contribution is 2.65. The highest BCUT2D eigenvalue weighted by molar-refractivity contribution is 6.01. The molecule has 39 heavy (non-hydrogen) atoms. The molecule has 4 aliphatic rings. The standard InChI is InChI=1S/C31H46O8/c1-18(2)8-11-26(37-20(4)32)19(3)31(36)15-14-30(39-31)24-10-9-22-16-23(34)12-13-28(22,6)25(24)17-27(29(30,7)35)38-21(5)33/h12-13,16,18-19,24-27,35-36H,8-11,14-15,17H2,1-7H3/t19-,24-,25+,26?,27+,28+,29+,30-,31+/m1/s1. The number of esters is 2. The quantitative estimate of drug-likeness (QED) is 0.451. The highest BCUT2D eigenvalue weighted by Gasteiger charge is 2.71. The highest BCUT2D eigenvalue weighted by atomic mass is 16.7. The van der Waals surface area contributed by atoms with E-state index in [0.717, 1.165) is 12.0 Å². The van der Waals surface area contributed by atoms with Gasteiger partial charge in [0.2, 0.25) is 0 Å². The van der Waals surface area contributed by atoms with Crippen LogP contribution in [0.5, 0.6) is 0 Å². The van der Waals surface area contributed by atoms with Crippen molar-refractivity contribution in [2.75, 3.05) is 0 Å². The second-order valence-electron chi connectivity index (χ2n) is 13.2. The first-order valence-corrected chi connectivity index (χ1v) is 14.5. The van der Waals surface area contributed by atoms with Gasteiger partial charge < -0.3 is 24.4 Å². The minimum Gasteiger partial charge on any atom is -0.462 e. The number of hydrogen-bond acceptors (Lipinski definition) is 8. The number of ether oxygens (including phenoxy) is 3. The third-order valence-electron chi connectivity index (χ3n) is 10.3. The Bertz CT molecular complexity index is 1060. The molecule has 8 heteroatoms. The number of carbonyl (C=O) groups is 3. The van der Waals surface area contributed by atoms with Crippen LogP contribution in [-0.4, -0.2) is 57.1 Å². The molecule has 1 unspecified atom stereocenters. The van der Waals surface area contributed by atoms with E-state index in [1.807, 2.05) is 13.0 Å². The van der Waals surface area contributed by atoms with Gasteiger partial charge in [-0.15, -0.1) is 0 Å². The van der Waals surface area contributed by atoms with Crippen LogP contribution in [0.25, 0.3) is 0 Å². The van der Waals surface area contributed by atoms with Gasteiger partial charge in [-0.25, -0.2) is 0 Å². The zero-order chi connectivity index (χ0) is 29.0. The Kier molecular flexibility index (Phi) is 8.00. The molecule has 2 N–H and O–H groups in total. The number of carbonyl (C=O) groups excluding carboxylic acids is 3. The molecule has 2 saturated carbocycles. The van der Waals surface area contributed by atoms with Crippen LogP contribution in [0.15, 0.2) is 23.8 Å². The lowest BCUT2D eigenvalue weighted by atomic mass is 9.47. The maximum Gasteiger partial charge on any atom is 0.303 e. The summed E-state index contributed by atoms with van der Waals surface area (Å²) < 4.78 is 18.2. The third-order valence-corrected chi connectivity index (χ3v) is 10.3. The molecule has 0 aromatic rings. The predicted molar refractivity (Wildman–Crippen MR) is 144 cm³/mol. The molecule has 4 rings (SSSR count). The largest absolute Gasteiger partial charge is 0.462 e. The molecular weight excluding hydrogens is 500 g/mol. The fourth-order valence-corrected chi connectivity index (χ4v) is 7.94. The van der Waals surface area contributed by atoms with Gasteiger partial charge in [0, 0.05) is 31.6 Å². The summed E-state index contributed by atoms with van der Waals surface area (Å²) in [7, 11) is 0. The summed E-state index contributed by atoms with van der Waals surface area (Å²) in [6.07, 6.45) is 7.60. The van der Waals surface area contributed by atoms with Crippen LogP contribution in [0.1, 0.15) is 93.4 Å². The number of aliphatic hydroxyl groups is 2. The Morgan fingerprint density at radius 1 is 1.08 bits per heavy atom. The van der Waals surface area contributed by atoms with Crippen molar-refractivity contribution in [3.05, 3.63) is 23.8 Å². The number of hydrogen-bond donors (Lipinski definition) is 2. The Morgan fingerprint density at radius 2 is 1.77 bits per heavy atom. The van der Waals surface area contributed by atoms with Crippen molar-refractivity contribution in [2.24, 2.45) is 29.1 Å². The van der Waals surface area contributed by atoms with E-state index in [1.54, 1.807) is 19.1 Å². The fourth-order valence-electron chi connectivity index (χ4n) is 7.94. The minimum absolute atomic E-state index is 0.0341. The molecule has 0 amide bonds. The number of rotatable bonds is 7. The number of ketones is 1. The molecule has 0 bridgehead atoms. The number of allylic oxidation sites excluding steroid dienone is 4. The Hall–Kier alpha value is -2.03. The fraction of sp³-hybridized carbons (Fsp3) is 0.774. The third kappa shape index (κ3) is 5.13. The summed E-state index contributed by atoms with van der Waals surface area (Å²) in [4.78, 5) is 36.4. The molecule has 1 heterocycles. The summed E-state index contributed by atoms with van der Waals surface area (Å²) in [6.45, 7) is 12.5. The molecule has 9 atom stereocenters. The average molecular weight is 547 g/mol. The first kappa shape index (κ1) is 29.9. The van der Waals surface area contributed by atoms with E-state index in [9.17, 15) is 24.6 Å². The summed E-state index contributed by atoms with van der Waals surface area (Å²) >= 11 is 0. The Labute approximate surface area is 232 Å². The van der Waals surface area contributed by atoms with E-state index in [4.69, 9.17) is 14.2 Å². The van der Waals surface area contributed by atoms with Crippen LogP contribution >= 0.6 is 0 Å². The van der Waals surface area contributed by atoms with Crippen LogP contribution in [0.2, 0.25) is 0 Å². The van der Waals surface area contributed by atoms with Crippen molar-refractivity contribution >= 4 is 17.7 Å². The maximum absolute atomic E-state index is 12.2. The summed E-state index contributed by atoms with van der Waals surface area (Å²) in [6, 6.07) is 0. The smallest absolute Gasteiger partial charge is 0.303 e. The second-order valence-corrected chi connectivity index (χ2v) is 13.2. The van der Waals surface area contributed by atoms with E-state index in [2.05, 4.69) is 20.8 Å². The van der Waals surface area contributed by atoms with Crippen molar-refractivity contribution in [1.29, 1.82) is 0 Å². The lowest BCUT2D eigenvalue weighted by molar-refractivity contribution is -0.340. The van der Waals surface area contributed by atoms with Gasteiger partial charge in [-0.05, 0) is 75.4 Å². The molecule has 3 fully saturated rings. The Morgan fingerprint density at radius 3 is 2.38 bits per heavy atom. The predicted octanol–water partition coefficient (Wildman–Crippen LogP) is 4.41. The molecule has 3 aliphatic carbocycles. The van der Waals surface area contributed by atoms with Gasteiger partial charge in [0.25, 0.3) is 0 Å². The van der Waals surface area contributed by atoms with Crippen molar-refractivity contribution in [3.63, 3.8) is 0 Å². The molecule has 8 nitrogen and oxygen atoms in total. The molecular formula is C31H46O8. The van der Waals surface area contributed by atoms with Crippen molar-refractivity contribution in [1.82, 2.24) is 0 Å². The molecule has 1 spiro atoms. The maximum atomic E-state index is 12.2. The van der Waals surface area contributed by atoms with Crippen molar-refractivity contribution in [3.8, 4) is 0 Å². The van der Waals surface area contributed by atoms with Crippen molar-refractivity contribution < 1.29 is 38.8 Å². The van der Waals surface area contributed by atoms with E-state index < -0.39 is 52.5 Å². The SMILES string of the molecule is CC(=O)OC(CCC(C)C)[C@@H](C)[C@]1(O)CC[C@@]2(O1)[C@@H]1CCC3=CC(=O)C=C[C@]3(C)[C@H]1C[C@H](OC(C)=O)[C@]2(C)O. The van der Waals surface area contributed by atoms with Crippen LogP contribution in [0.4, 0.5) is 0 Å². The van der Waals surface area contributed by atoms with Gasteiger partial charge in [-0.2, -0.15) is 0 Å². The average Bonchev–Trinajstić information content (AvgIpc) is 3.20. The van der Waals surface area contributed by atoms with Gasteiger partial charge in [0.15, 0.2) is 11.6 Å². The van der Waals surface area contributed by atoms with E-state index in [0.29, 0.717) is 38.0 Å². The van der Waals surface area contributed by atoms with Crippen LogP contribution < -0.4 is 0 Å². The number of fused-ring (bicyclic) bond motifs is 4. The van der Waals surface area contributed by atoms with Gasteiger partial charge >= 0.3 is 11.9 Å². The van der Waals surface area contributed by atoms with Gasteiger partial charge in [-0.3, -0.25) is 14.4 Å². The lowest BCUT2D eigenvalue weighted by Crippen LogP contribution is -2.71. The normalized spacial score (nSPS) is 41.0. The molecule has 0 aromatic heterocycles. The first-order valence-electron chi connectivity index (χ1n) is 14.5. The van der Waals surface area contributed by atoms with Crippen LogP contribution in [0.3, 0.4) is 0 Å². The monoisotopic (exact) mass is 546 g/mol. The van der Waals surface area contributed by atoms with Crippen LogP contribution in [0, 0.1) is 29.1 Å². The first-order chi connectivity index (χ1) is 18.1. The van der Waals surface area contributed by atoms with Crippen molar-refractivity contribution in [2.45, 2.75) is 123 Å². The van der Waals surface area contributed by atoms with E-state index in [1.165, 1.54) is 13.8 Å². The minimum atomic E-state index is -1.65.